The Morgan fingerprint density at radius 1 is 1.06 bits per heavy atom. The molecule has 7 nitrogen and oxygen atoms in total. The smallest absolute Gasteiger partial charge is 0.255 e. The number of methoxy groups -OCH3 is 1. The molecule has 0 unspecified atom stereocenters. The van der Waals surface area contributed by atoms with Crippen molar-refractivity contribution in [2.24, 2.45) is 5.92 Å². The minimum atomic E-state index is -0.183. The van der Waals surface area contributed by atoms with Gasteiger partial charge in [-0.3, -0.25) is 9.59 Å². The van der Waals surface area contributed by atoms with Crippen molar-refractivity contribution in [3.05, 3.63) is 47.7 Å². The Hall–Kier alpha value is -3.09. The quantitative estimate of drug-likeness (QED) is 0.672. The van der Waals surface area contributed by atoms with E-state index in [1.807, 2.05) is 11.0 Å². The largest absolute Gasteiger partial charge is 0.493 e. The number of nitrogens with zero attached hydrogens (tertiary/aromatic N) is 2. The number of hydrogen-bond acceptors (Lipinski definition) is 5. The number of pyridine rings is 1. The van der Waals surface area contributed by atoms with Gasteiger partial charge in [0.25, 0.3) is 5.91 Å². The highest BCUT2D eigenvalue weighted by Gasteiger charge is 2.25. The summed E-state index contributed by atoms with van der Waals surface area (Å²) in [5.74, 6) is 2.44. The minimum absolute atomic E-state index is 0.00739. The lowest BCUT2D eigenvalue weighted by Crippen LogP contribution is -2.39. The number of benzene rings is 1. The van der Waals surface area contributed by atoms with Gasteiger partial charge < -0.3 is 19.7 Å². The maximum atomic E-state index is 12.8. The first-order valence-corrected chi connectivity index (χ1v) is 11.9. The van der Waals surface area contributed by atoms with Gasteiger partial charge in [-0.05, 0) is 80.7 Å². The van der Waals surface area contributed by atoms with Crippen LogP contribution in [0.4, 0.5) is 5.82 Å². The summed E-state index contributed by atoms with van der Waals surface area (Å²) in [6.45, 7) is 2.90. The van der Waals surface area contributed by atoms with E-state index in [2.05, 4.69) is 22.4 Å². The van der Waals surface area contributed by atoms with Gasteiger partial charge in [-0.2, -0.15) is 0 Å². The van der Waals surface area contributed by atoms with Crippen molar-refractivity contribution < 1.29 is 19.1 Å². The van der Waals surface area contributed by atoms with Gasteiger partial charge in [0.05, 0.1) is 18.8 Å². The number of carbonyl (C=O) groups is 2. The zero-order chi connectivity index (χ0) is 23.2. The van der Waals surface area contributed by atoms with Crippen LogP contribution in [0.25, 0.3) is 0 Å². The number of amides is 2. The lowest BCUT2D eigenvalue weighted by atomic mass is 9.90. The molecule has 1 aliphatic heterocycles. The summed E-state index contributed by atoms with van der Waals surface area (Å²) in [5, 5.41) is 2.62. The molecule has 1 aromatic heterocycles. The van der Waals surface area contributed by atoms with E-state index >= 15 is 0 Å². The van der Waals surface area contributed by atoms with Crippen molar-refractivity contribution >= 4 is 17.6 Å². The molecule has 1 N–H and O–H groups in total. The number of carbonyl (C=O) groups excluding carboxylic acids is 2. The molecule has 2 heterocycles. The van der Waals surface area contributed by atoms with Gasteiger partial charge in [-0.25, -0.2) is 4.98 Å². The van der Waals surface area contributed by atoms with E-state index in [9.17, 15) is 9.59 Å². The molecule has 1 saturated carbocycles. The van der Waals surface area contributed by atoms with E-state index in [0.717, 1.165) is 56.7 Å². The number of likely N-dealkylation sites (tertiary alicyclic amines) is 1. The van der Waals surface area contributed by atoms with E-state index in [4.69, 9.17) is 9.47 Å². The Bertz CT molecular complexity index is 962. The predicted octanol–water partition coefficient (Wildman–Crippen LogP) is 4.46. The molecular weight excluding hydrogens is 418 g/mol. The van der Waals surface area contributed by atoms with Gasteiger partial charge in [0.2, 0.25) is 5.91 Å². The molecule has 0 bridgehead atoms. The van der Waals surface area contributed by atoms with Gasteiger partial charge in [-0.1, -0.05) is 6.07 Å². The second-order valence-corrected chi connectivity index (χ2v) is 9.06. The van der Waals surface area contributed by atoms with Gasteiger partial charge in [0.1, 0.15) is 5.82 Å². The maximum Gasteiger partial charge on any atom is 0.255 e. The third-order valence-corrected chi connectivity index (χ3v) is 6.56. The average Bonchev–Trinajstić information content (AvgIpc) is 3.33. The summed E-state index contributed by atoms with van der Waals surface area (Å²) in [4.78, 5) is 30.0. The summed E-state index contributed by atoms with van der Waals surface area (Å²) in [6.07, 6.45) is 9.44. The van der Waals surface area contributed by atoms with Crippen molar-refractivity contribution in [2.45, 2.75) is 58.0 Å². The van der Waals surface area contributed by atoms with Crippen LogP contribution in [-0.4, -0.2) is 48.0 Å². The Labute approximate surface area is 195 Å². The third-order valence-electron chi connectivity index (χ3n) is 6.56. The fraction of sp³-hybridized carbons (Fsp3) is 0.500. The molecule has 0 spiro atoms. The Kier molecular flexibility index (Phi) is 7.47. The molecule has 2 aliphatic rings. The van der Waals surface area contributed by atoms with E-state index in [-0.39, 0.29) is 11.8 Å². The number of ether oxygens (including phenoxy) is 2. The van der Waals surface area contributed by atoms with Crippen molar-refractivity contribution in [3.63, 3.8) is 0 Å². The lowest BCUT2D eigenvalue weighted by Gasteiger charge is -2.32. The molecule has 0 atom stereocenters. The normalized spacial score (nSPS) is 17.1. The second-order valence-electron chi connectivity index (χ2n) is 9.06. The molecule has 1 aliphatic carbocycles. The zero-order valence-corrected chi connectivity index (χ0v) is 19.5. The fourth-order valence-corrected chi connectivity index (χ4v) is 4.76. The van der Waals surface area contributed by atoms with Crippen LogP contribution in [0.15, 0.2) is 36.5 Å². The first-order valence-electron chi connectivity index (χ1n) is 11.9. The van der Waals surface area contributed by atoms with Gasteiger partial charge >= 0.3 is 0 Å². The van der Waals surface area contributed by atoms with Crippen LogP contribution in [0.3, 0.4) is 0 Å². The van der Waals surface area contributed by atoms with Crippen molar-refractivity contribution in [1.82, 2.24) is 9.88 Å². The van der Waals surface area contributed by atoms with Crippen molar-refractivity contribution in [2.75, 3.05) is 25.5 Å². The van der Waals surface area contributed by atoms with E-state index < -0.39 is 0 Å². The summed E-state index contributed by atoms with van der Waals surface area (Å²) >= 11 is 0. The monoisotopic (exact) mass is 451 g/mol. The maximum absolute atomic E-state index is 12.8. The first-order chi connectivity index (χ1) is 16.0. The molecule has 2 fully saturated rings. The highest BCUT2D eigenvalue weighted by Crippen LogP contribution is 2.34. The topological polar surface area (TPSA) is 80.8 Å². The predicted molar refractivity (Wildman–Crippen MR) is 127 cm³/mol. The Morgan fingerprint density at radius 2 is 1.82 bits per heavy atom. The molecule has 176 valence electrons. The number of hydrogen-bond donors (Lipinski definition) is 1. The van der Waals surface area contributed by atoms with Gasteiger partial charge in [-0.15, -0.1) is 0 Å². The second kappa shape index (κ2) is 10.7. The van der Waals surface area contributed by atoms with E-state index in [0.29, 0.717) is 23.4 Å². The molecule has 4 rings (SSSR count). The standard InChI is InChI=1S/C26H33N3O4/c1-18(30)28-25-10-8-21(17-27-25)26(31)29-13-11-19(12-14-29)15-20-7-9-23(32-2)24(16-20)33-22-5-3-4-6-22/h7-10,16-17,19,22H,3-6,11-15H2,1-2H3,(H,27,28,30). The molecule has 1 saturated heterocycles. The summed E-state index contributed by atoms with van der Waals surface area (Å²) in [7, 11) is 1.69. The molecule has 1 aromatic carbocycles. The molecular formula is C26H33N3O4. The average molecular weight is 452 g/mol. The summed E-state index contributed by atoms with van der Waals surface area (Å²) in [5.41, 5.74) is 1.80. The number of piperidine rings is 1. The van der Waals surface area contributed by atoms with Crippen LogP contribution in [0, 0.1) is 5.92 Å². The molecule has 33 heavy (non-hydrogen) atoms. The molecule has 2 amide bonds. The number of aromatic nitrogens is 1. The van der Waals surface area contributed by atoms with Gasteiger partial charge in [0, 0.05) is 26.2 Å². The first kappa shape index (κ1) is 23.1. The van der Waals surface area contributed by atoms with Crippen molar-refractivity contribution in [1.29, 1.82) is 0 Å². The highest BCUT2D eigenvalue weighted by atomic mass is 16.5. The Balaban J connectivity index is 1.31. The Morgan fingerprint density at radius 3 is 2.45 bits per heavy atom. The molecule has 0 radical (unpaired) electrons. The van der Waals surface area contributed by atoms with Crippen LogP contribution in [0.5, 0.6) is 11.5 Å². The summed E-state index contributed by atoms with van der Waals surface area (Å²) in [6, 6.07) is 9.65. The number of rotatable bonds is 7. The molecule has 7 heteroatoms. The number of anilines is 1. The summed E-state index contributed by atoms with van der Waals surface area (Å²) < 4.78 is 11.8. The van der Waals surface area contributed by atoms with Crippen LogP contribution in [0.1, 0.15) is 61.4 Å². The lowest BCUT2D eigenvalue weighted by molar-refractivity contribution is -0.114. The van der Waals surface area contributed by atoms with Crippen LogP contribution in [-0.2, 0) is 11.2 Å². The van der Waals surface area contributed by atoms with Gasteiger partial charge in [0.15, 0.2) is 11.5 Å². The molecule has 2 aromatic rings. The van der Waals surface area contributed by atoms with Crippen molar-refractivity contribution in [3.8, 4) is 11.5 Å². The van der Waals surface area contributed by atoms with Crippen LogP contribution >= 0.6 is 0 Å². The van der Waals surface area contributed by atoms with E-state index in [1.165, 1.54) is 31.5 Å². The SMILES string of the molecule is COc1ccc(CC2CCN(C(=O)c3ccc(NC(C)=O)nc3)CC2)cc1OC1CCCC1. The van der Waals surface area contributed by atoms with E-state index in [1.54, 1.807) is 19.2 Å². The zero-order valence-electron chi connectivity index (χ0n) is 19.5. The van der Waals surface area contributed by atoms with Crippen LogP contribution < -0.4 is 14.8 Å². The fourth-order valence-electron chi connectivity index (χ4n) is 4.76. The highest BCUT2D eigenvalue weighted by molar-refractivity contribution is 5.94. The number of nitrogens with one attached hydrogen (secondary N) is 1. The third kappa shape index (κ3) is 6.03. The minimum Gasteiger partial charge on any atom is -0.493 e. The van der Waals surface area contributed by atoms with Crippen LogP contribution in [0.2, 0.25) is 0 Å².